The van der Waals surface area contributed by atoms with Crippen molar-refractivity contribution in [2.75, 3.05) is 0 Å². The molecule has 2 aromatic rings. The molecule has 1 aliphatic carbocycles. The highest BCUT2D eigenvalue weighted by Gasteiger charge is 2.05. The van der Waals surface area contributed by atoms with Crippen molar-refractivity contribution in [1.82, 2.24) is 4.98 Å². The fourth-order valence-corrected chi connectivity index (χ4v) is 2.38. The number of pyridine rings is 1. The number of nitrogens with zero attached hydrogens (tertiary/aromatic N) is 2. The summed E-state index contributed by atoms with van der Waals surface area (Å²) in [6.45, 7) is 0. The van der Waals surface area contributed by atoms with Crippen LogP contribution >= 0.6 is 0 Å². The van der Waals surface area contributed by atoms with Crippen molar-refractivity contribution in [2.24, 2.45) is 0 Å². The lowest BCUT2D eigenvalue weighted by atomic mass is 9.76. The number of nitriles is 1. The SMILES string of the molecule is N#Cc1ccc(O)c2cccnc12.[B]C1CCCCC1. The number of fused-ring (bicyclic) bond motifs is 1. The van der Waals surface area contributed by atoms with Gasteiger partial charge < -0.3 is 5.11 Å². The lowest BCUT2D eigenvalue weighted by Gasteiger charge is -2.15. The summed E-state index contributed by atoms with van der Waals surface area (Å²) in [7, 11) is 5.63. The second-order valence-corrected chi connectivity index (χ2v) is 5.04. The average molecular weight is 264 g/mol. The van der Waals surface area contributed by atoms with Gasteiger partial charge in [-0.15, -0.1) is 0 Å². The van der Waals surface area contributed by atoms with E-state index in [-0.39, 0.29) is 5.75 Å². The van der Waals surface area contributed by atoms with Crippen molar-refractivity contribution >= 4 is 18.7 Å². The molecule has 1 aliphatic rings. The van der Waals surface area contributed by atoms with E-state index in [0.717, 1.165) is 0 Å². The third-order valence-corrected chi connectivity index (χ3v) is 3.52. The number of phenolic OH excluding ortho intramolecular Hbond substituents is 1. The molecule has 0 spiro atoms. The van der Waals surface area contributed by atoms with Gasteiger partial charge in [0.05, 0.1) is 18.9 Å². The van der Waals surface area contributed by atoms with E-state index >= 15 is 0 Å². The van der Waals surface area contributed by atoms with Crippen molar-refractivity contribution < 1.29 is 5.11 Å². The molecular weight excluding hydrogens is 247 g/mol. The minimum Gasteiger partial charge on any atom is -0.507 e. The number of rotatable bonds is 0. The lowest BCUT2D eigenvalue weighted by Crippen LogP contribution is -1.98. The second kappa shape index (κ2) is 6.95. The first kappa shape index (κ1) is 14.4. The molecule has 2 radical (unpaired) electrons. The van der Waals surface area contributed by atoms with E-state index in [4.69, 9.17) is 13.1 Å². The number of hydrogen-bond acceptors (Lipinski definition) is 3. The van der Waals surface area contributed by atoms with Crippen molar-refractivity contribution in [3.63, 3.8) is 0 Å². The fraction of sp³-hybridized carbons (Fsp3) is 0.375. The summed E-state index contributed by atoms with van der Waals surface area (Å²) in [6.07, 6.45) is 8.26. The predicted octanol–water partition coefficient (Wildman–Crippen LogP) is 3.72. The summed E-state index contributed by atoms with van der Waals surface area (Å²) in [5, 5.41) is 18.8. The summed E-state index contributed by atoms with van der Waals surface area (Å²) in [6, 6.07) is 8.55. The molecule has 1 N–H and O–H groups in total. The van der Waals surface area contributed by atoms with Gasteiger partial charge in [-0.3, -0.25) is 4.98 Å². The van der Waals surface area contributed by atoms with Crippen LogP contribution in [0, 0.1) is 11.3 Å². The largest absolute Gasteiger partial charge is 0.507 e. The highest BCUT2D eigenvalue weighted by Crippen LogP contribution is 2.25. The first-order valence-corrected chi connectivity index (χ1v) is 6.94. The highest BCUT2D eigenvalue weighted by atomic mass is 16.3. The number of aromatic hydroxyl groups is 1. The molecule has 1 aromatic heterocycles. The molecule has 1 saturated carbocycles. The summed E-state index contributed by atoms with van der Waals surface area (Å²) in [4.78, 5) is 4.03. The monoisotopic (exact) mass is 264 g/mol. The van der Waals surface area contributed by atoms with Crippen LogP contribution in [0.4, 0.5) is 0 Å². The van der Waals surface area contributed by atoms with Crippen LogP contribution < -0.4 is 0 Å². The van der Waals surface area contributed by atoms with E-state index in [9.17, 15) is 5.11 Å². The number of aromatic nitrogens is 1. The minimum absolute atomic E-state index is 0.155. The standard InChI is InChI=1S/C10H6N2O.C6H11B/c11-6-7-3-4-9(13)8-2-1-5-12-10(7)8;7-6-4-2-1-3-5-6/h1-5,13H;6H,1-5H2. The Morgan fingerprint density at radius 1 is 1.20 bits per heavy atom. The normalized spacial score (nSPS) is 15.2. The molecular formula is C16H17BN2O. The summed E-state index contributed by atoms with van der Waals surface area (Å²) in [5.41, 5.74) is 1.03. The maximum atomic E-state index is 9.44. The van der Waals surface area contributed by atoms with E-state index in [1.54, 1.807) is 24.4 Å². The molecule has 20 heavy (non-hydrogen) atoms. The maximum absolute atomic E-state index is 9.44. The zero-order valence-corrected chi connectivity index (χ0v) is 11.4. The van der Waals surface area contributed by atoms with Crippen LogP contribution in [-0.2, 0) is 0 Å². The van der Waals surface area contributed by atoms with Gasteiger partial charge in [-0.1, -0.05) is 37.9 Å². The Bertz CT molecular complexity index is 615. The molecule has 3 rings (SSSR count). The first-order chi connectivity index (χ1) is 9.72. The Hall–Kier alpha value is -2.02. The Morgan fingerprint density at radius 2 is 1.95 bits per heavy atom. The topological polar surface area (TPSA) is 56.9 Å². The van der Waals surface area contributed by atoms with E-state index in [0.29, 0.717) is 22.3 Å². The molecule has 1 heterocycles. The number of phenols is 1. The van der Waals surface area contributed by atoms with Crippen molar-refractivity contribution in [2.45, 2.75) is 37.9 Å². The van der Waals surface area contributed by atoms with E-state index in [2.05, 4.69) is 4.98 Å². The van der Waals surface area contributed by atoms with Crippen molar-refractivity contribution in [1.29, 1.82) is 5.26 Å². The molecule has 0 bridgehead atoms. The molecule has 0 aliphatic heterocycles. The van der Waals surface area contributed by atoms with Crippen molar-refractivity contribution in [3.8, 4) is 11.8 Å². The van der Waals surface area contributed by atoms with Crippen LogP contribution in [0.1, 0.15) is 37.7 Å². The minimum atomic E-state index is 0.155. The van der Waals surface area contributed by atoms with Gasteiger partial charge in [0.15, 0.2) is 0 Å². The first-order valence-electron chi connectivity index (χ1n) is 6.94. The van der Waals surface area contributed by atoms with E-state index < -0.39 is 0 Å². The Kier molecular flexibility index (Phi) is 5.00. The van der Waals surface area contributed by atoms with Crippen molar-refractivity contribution in [3.05, 3.63) is 36.0 Å². The Labute approximate surface area is 120 Å². The summed E-state index contributed by atoms with van der Waals surface area (Å²) in [5.74, 6) is 0.691. The Balaban J connectivity index is 0.000000178. The maximum Gasteiger partial charge on any atom is 0.125 e. The average Bonchev–Trinajstić information content (AvgIpc) is 2.49. The van der Waals surface area contributed by atoms with Gasteiger partial charge >= 0.3 is 0 Å². The molecule has 4 heteroatoms. The molecule has 3 nitrogen and oxygen atoms in total. The van der Waals surface area contributed by atoms with Crippen LogP contribution in [0.2, 0.25) is 5.82 Å². The van der Waals surface area contributed by atoms with Crippen LogP contribution in [0.3, 0.4) is 0 Å². The molecule has 0 amide bonds. The second-order valence-electron chi connectivity index (χ2n) is 5.04. The quantitative estimate of drug-likeness (QED) is 0.738. The van der Waals surface area contributed by atoms with Gasteiger partial charge in [0.1, 0.15) is 11.8 Å². The third kappa shape index (κ3) is 3.51. The lowest BCUT2D eigenvalue weighted by molar-refractivity contribution is 0.481. The molecule has 1 aromatic carbocycles. The zero-order chi connectivity index (χ0) is 14.4. The molecule has 0 saturated heterocycles. The molecule has 0 unspecified atom stereocenters. The highest BCUT2D eigenvalue weighted by molar-refractivity contribution is 6.11. The zero-order valence-electron chi connectivity index (χ0n) is 11.4. The van der Waals surface area contributed by atoms with Crippen LogP contribution in [0.5, 0.6) is 5.75 Å². The third-order valence-electron chi connectivity index (χ3n) is 3.52. The molecule has 100 valence electrons. The van der Waals surface area contributed by atoms with E-state index in [1.807, 2.05) is 6.07 Å². The van der Waals surface area contributed by atoms with Crippen LogP contribution in [-0.4, -0.2) is 17.9 Å². The number of hydrogen-bond donors (Lipinski definition) is 1. The molecule has 0 atom stereocenters. The van der Waals surface area contributed by atoms with Crippen LogP contribution in [0.25, 0.3) is 10.9 Å². The Morgan fingerprint density at radius 3 is 2.55 bits per heavy atom. The molecule has 1 fully saturated rings. The van der Waals surface area contributed by atoms with Gasteiger partial charge in [-0.05, 0) is 24.3 Å². The van der Waals surface area contributed by atoms with Gasteiger partial charge in [-0.25, -0.2) is 0 Å². The van der Waals surface area contributed by atoms with Gasteiger partial charge in [0, 0.05) is 11.6 Å². The summed E-state index contributed by atoms with van der Waals surface area (Å²) >= 11 is 0. The van der Waals surface area contributed by atoms with Gasteiger partial charge in [0.2, 0.25) is 0 Å². The van der Waals surface area contributed by atoms with Gasteiger partial charge in [0.25, 0.3) is 0 Å². The number of benzene rings is 1. The van der Waals surface area contributed by atoms with Gasteiger partial charge in [-0.2, -0.15) is 5.26 Å². The van der Waals surface area contributed by atoms with E-state index in [1.165, 1.54) is 38.2 Å². The smallest absolute Gasteiger partial charge is 0.125 e. The predicted molar refractivity (Wildman–Crippen MR) is 80.7 cm³/mol. The fourth-order valence-electron chi connectivity index (χ4n) is 2.38. The van der Waals surface area contributed by atoms with Crippen LogP contribution in [0.15, 0.2) is 30.5 Å². The summed E-state index contributed by atoms with van der Waals surface area (Å²) < 4.78 is 0.